The molecular formula is C14H20F3N5O2. The van der Waals surface area contributed by atoms with E-state index in [2.05, 4.69) is 15.3 Å². The van der Waals surface area contributed by atoms with Gasteiger partial charge in [-0.3, -0.25) is 0 Å². The summed E-state index contributed by atoms with van der Waals surface area (Å²) in [7, 11) is 0. The summed E-state index contributed by atoms with van der Waals surface area (Å²) in [5.41, 5.74) is 0. The van der Waals surface area contributed by atoms with E-state index in [4.69, 9.17) is 5.11 Å². The van der Waals surface area contributed by atoms with Crippen LogP contribution in [0, 0.1) is 0 Å². The van der Waals surface area contributed by atoms with Crippen molar-refractivity contribution in [3.8, 4) is 0 Å². The van der Waals surface area contributed by atoms with E-state index in [1.165, 1.54) is 0 Å². The van der Waals surface area contributed by atoms with Gasteiger partial charge in [0.05, 0.1) is 6.61 Å². The second kappa shape index (κ2) is 8.13. The molecule has 0 unspecified atom stereocenters. The fraction of sp³-hybridized carbons (Fsp3) is 0.643. The van der Waals surface area contributed by atoms with E-state index in [1.807, 2.05) is 4.90 Å². The number of amides is 2. The van der Waals surface area contributed by atoms with Crippen LogP contribution in [0.2, 0.25) is 0 Å². The summed E-state index contributed by atoms with van der Waals surface area (Å²) in [5, 5.41) is 11.5. The first kappa shape index (κ1) is 18.2. The zero-order chi connectivity index (χ0) is 17.6. The minimum atomic E-state index is -4.51. The SMILES string of the molecule is O=C(N[C@@H]1CCCN(c2ncccn2)C1)N(CCO)CC(F)(F)F. The molecule has 1 aliphatic heterocycles. The fourth-order valence-corrected chi connectivity index (χ4v) is 2.59. The molecule has 2 amide bonds. The first-order chi connectivity index (χ1) is 11.4. The van der Waals surface area contributed by atoms with Crippen LogP contribution < -0.4 is 10.2 Å². The molecule has 2 N–H and O–H groups in total. The number of aromatic nitrogens is 2. The molecule has 2 heterocycles. The Bertz CT molecular complexity index is 529. The third-order valence-electron chi connectivity index (χ3n) is 3.61. The summed E-state index contributed by atoms with van der Waals surface area (Å²) in [6.07, 6.45) is 0.132. The highest BCUT2D eigenvalue weighted by Gasteiger charge is 2.34. The van der Waals surface area contributed by atoms with Crippen LogP contribution in [0.5, 0.6) is 0 Å². The number of aliphatic hydroxyl groups excluding tert-OH is 1. The number of aliphatic hydroxyl groups is 1. The van der Waals surface area contributed by atoms with Crippen molar-refractivity contribution in [1.29, 1.82) is 0 Å². The van der Waals surface area contributed by atoms with E-state index in [9.17, 15) is 18.0 Å². The number of hydrogen-bond acceptors (Lipinski definition) is 5. The van der Waals surface area contributed by atoms with Crippen molar-refractivity contribution >= 4 is 12.0 Å². The standard InChI is InChI=1S/C14H20F3N5O2/c15-14(16,17)10-22(7-8-23)13(24)20-11-3-1-6-21(9-11)12-18-4-2-5-19-12/h2,4-5,11,23H,1,3,6-10H2,(H,20,24)/t11-/m1/s1. The highest BCUT2D eigenvalue weighted by atomic mass is 19.4. The summed E-state index contributed by atoms with van der Waals surface area (Å²) in [4.78, 5) is 22.8. The van der Waals surface area contributed by atoms with Gasteiger partial charge in [-0.1, -0.05) is 0 Å². The molecule has 0 aromatic carbocycles. The van der Waals surface area contributed by atoms with Crippen LogP contribution >= 0.6 is 0 Å². The number of nitrogens with one attached hydrogen (secondary N) is 1. The molecule has 0 saturated carbocycles. The lowest BCUT2D eigenvalue weighted by Crippen LogP contribution is -2.53. The quantitative estimate of drug-likeness (QED) is 0.831. The van der Waals surface area contributed by atoms with E-state index < -0.39 is 25.4 Å². The van der Waals surface area contributed by atoms with Gasteiger partial charge in [-0.25, -0.2) is 14.8 Å². The minimum Gasteiger partial charge on any atom is -0.395 e. The van der Waals surface area contributed by atoms with Gasteiger partial charge in [0.25, 0.3) is 0 Å². The molecule has 0 radical (unpaired) electrons. The maximum absolute atomic E-state index is 12.5. The first-order valence-corrected chi connectivity index (χ1v) is 7.64. The Labute approximate surface area is 137 Å². The molecule has 24 heavy (non-hydrogen) atoms. The van der Waals surface area contributed by atoms with Crippen LogP contribution in [0.3, 0.4) is 0 Å². The van der Waals surface area contributed by atoms with Crippen molar-refractivity contribution in [3.63, 3.8) is 0 Å². The van der Waals surface area contributed by atoms with E-state index in [0.717, 1.165) is 13.0 Å². The zero-order valence-corrected chi connectivity index (χ0v) is 13.0. The second-order valence-corrected chi connectivity index (χ2v) is 5.54. The zero-order valence-electron chi connectivity index (χ0n) is 13.0. The number of piperidine rings is 1. The van der Waals surface area contributed by atoms with Crippen LogP contribution in [0.25, 0.3) is 0 Å². The first-order valence-electron chi connectivity index (χ1n) is 7.64. The Morgan fingerprint density at radius 3 is 2.75 bits per heavy atom. The molecule has 1 aromatic heterocycles. The van der Waals surface area contributed by atoms with Crippen molar-refractivity contribution in [2.75, 3.05) is 37.7 Å². The summed E-state index contributed by atoms with van der Waals surface area (Å²) >= 11 is 0. The van der Waals surface area contributed by atoms with Gasteiger partial charge in [0.2, 0.25) is 5.95 Å². The van der Waals surface area contributed by atoms with Crippen molar-refractivity contribution in [2.45, 2.75) is 25.1 Å². The maximum atomic E-state index is 12.5. The number of anilines is 1. The summed E-state index contributed by atoms with van der Waals surface area (Å²) in [6, 6.07) is 0.558. The Kier molecular flexibility index (Phi) is 6.18. The lowest BCUT2D eigenvalue weighted by Gasteiger charge is -2.34. The second-order valence-electron chi connectivity index (χ2n) is 5.54. The van der Waals surface area contributed by atoms with Gasteiger partial charge in [0.1, 0.15) is 6.54 Å². The summed E-state index contributed by atoms with van der Waals surface area (Å²) in [5.74, 6) is 0.527. The van der Waals surface area contributed by atoms with E-state index in [-0.39, 0.29) is 12.6 Å². The molecule has 1 atom stereocenters. The number of rotatable bonds is 5. The highest BCUT2D eigenvalue weighted by Crippen LogP contribution is 2.18. The molecule has 10 heteroatoms. The Morgan fingerprint density at radius 2 is 2.12 bits per heavy atom. The molecule has 134 valence electrons. The Balaban J connectivity index is 1.94. The lowest BCUT2D eigenvalue weighted by molar-refractivity contribution is -0.140. The molecule has 0 bridgehead atoms. The number of hydrogen-bond donors (Lipinski definition) is 2. The molecule has 1 aliphatic rings. The number of urea groups is 1. The summed E-state index contributed by atoms with van der Waals surface area (Å²) in [6.45, 7) is -1.15. The van der Waals surface area contributed by atoms with Crippen LogP contribution in [-0.2, 0) is 0 Å². The van der Waals surface area contributed by atoms with E-state index >= 15 is 0 Å². The van der Waals surface area contributed by atoms with Crippen molar-refractivity contribution in [3.05, 3.63) is 18.5 Å². The van der Waals surface area contributed by atoms with Gasteiger partial charge < -0.3 is 20.2 Å². The van der Waals surface area contributed by atoms with Gasteiger partial charge in [0.15, 0.2) is 0 Å². The number of carbonyl (C=O) groups is 1. The Morgan fingerprint density at radius 1 is 1.42 bits per heavy atom. The fourth-order valence-electron chi connectivity index (χ4n) is 2.59. The number of nitrogens with zero attached hydrogens (tertiary/aromatic N) is 4. The molecule has 7 nitrogen and oxygen atoms in total. The van der Waals surface area contributed by atoms with Crippen molar-refractivity contribution in [1.82, 2.24) is 20.2 Å². The number of carbonyl (C=O) groups excluding carboxylic acids is 1. The van der Waals surface area contributed by atoms with Crippen LogP contribution in [-0.4, -0.2) is 71.0 Å². The molecule has 1 fully saturated rings. The van der Waals surface area contributed by atoms with Gasteiger partial charge in [-0.15, -0.1) is 0 Å². The minimum absolute atomic E-state index is 0.301. The molecule has 2 rings (SSSR count). The largest absolute Gasteiger partial charge is 0.406 e. The summed E-state index contributed by atoms with van der Waals surface area (Å²) < 4.78 is 37.6. The van der Waals surface area contributed by atoms with Crippen LogP contribution in [0.1, 0.15) is 12.8 Å². The monoisotopic (exact) mass is 347 g/mol. The van der Waals surface area contributed by atoms with Crippen LogP contribution in [0.15, 0.2) is 18.5 Å². The average Bonchev–Trinajstić information content (AvgIpc) is 2.54. The van der Waals surface area contributed by atoms with Gasteiger partial charge in [0, 0.05) is 38.1 Å². The Hall–Kier alpha value is -2.10. The van der Waals surface area contributed by atoms with Gasteiger partial charge in [-0.05, 0) is 18.9 Å². The highest BCUT2D eigenvalue weighted by molar-refractivity contribution is 5.74. The molecule has 1 saturated heterocycles. The maximum Gasteiger partial charge on any atom is 0.406 e. The predicted molar refractivity (Wildman–Crippen MR) is 80.5 cm³/mol. The van der Waals surface area contributed by atoms with Gasteiger partial charge >= 0.3 is 12.2 Å². The third-order valence-corrected chi connectivity index (χ3v) is 3.61. The van der Waals surface area contributed by atoms with E-state index in [0.29, 0.717) is 23.8 Å². The average molecular weight is 347 g/mol. The smallest absolute Gasteiger partial charge is 0.395 e. The molecule has 1 aromatic rings. The normalized spacial score (nSPS) is 18.3. The van der Waals surface area contributed by atoms with Gasteiger partial charge in [-0.2, -0.15) is 13.2 Å². The number of alkyl halides is 3. The third kappa shape index (κ3) is 5.52. The molecule has 0 spiro atoms. The van der Waals surface area contributed by atoms with E-state index in [1.54, 1.807) is 18.5 Å². The lowest BCUT2D eigenvalue weighted by atomic mass is 10.1. The van der Waals surface area contributed by atoms with Crippen molar-refractivity contribution < 1.29 is 23.1 Å². The predicted octanol–water partition coefficient (Wildman–Crippen LogP) is 1.01. The molecular weight excluding hydrogens is 327 g/mol. The molecule has 0 aliphatic carbocycles. The topological polar surface area (TPSA) is 81.6 Å². The number of halogens is 3. The van der Waals surface area contributed by atoms with Crippen LogP contribution in [0.4, 0.5) is 23.9 Å². The van der Waals surface area contributed by atoms with Crippen molar-refractivity contribution in [2.24, 2.45) is 0 Å².